The van der Waals surface area contributed by atoms with Gasteiger partial charge in [-0.15, -0.1) is 0 Å². The van der Waals surface area contributed by atoms with Gasteiger partial charge < -0.3 is 14.6 Å². The van der Waals surface area contributed by atoms with E-state index in [-0.39, 0.29) is 18.6 Å². The Morgan fingerprint density at radius 3 is 2.56 bits per heavy atom. The minimum atomic E-state index is -1.00. The molecule has 4 rings (SSSR count). The Morgan fingerprint density at radius 1 is 1.20 bits per heavy atom. The van der Waals surface area contributed by atoms with Crippen molar-refractivity contribution in [2.45, 2.75) is 31.4 Å². The molecule has 0 amide bonds. The monoisotopic (exact) mass is 339 g/mol. The lowest BCUT2D eigenvalue weighted by Gasteiger charge is -2.10. The summed E-state index contributed by atoms with van der Waals surface area (Å²) in [6.07, 6.45) is 1.85. The van der Waals surface area contributed by atoms with E-state index in [1.807, 2.05) is 30.3 Å². The molecule has 0 radical (unpaired) electrons. The molecule has 1 saturated carbocycles. The van der Waals surface area contributed by atoms with Crippen LogP contribution in [0.25, 0.3) is 11.6 Å². The number of rotatable bonds is 6. The van der Waals surface area contributed by atoms with Crippen LogP contribution in [0.1, 0.15) is 30.0 Å². The zero-order chi connectivity index (χ0) is 17.4. The van der Waals surface area contributed by atoms with Gasteiger partial charge in [0, 0.05) is 0 Å². The van der Waals surface area contributed by atoms with E-state index in [0.717, 1.165) is 18.4 Å². The number of carboxylic acid groups (broad SMARTS) is 1. The maximum absolute atomic E-state index is 11.2. The molecule has 1 aliphatic rings. The highest BCUT2D eigenvalue weighted by Gasteiger charge is 2.49. The average Bonchev–Trinajstić information content (AvgIpc) is 3.10. The second kappa shape index (κ2) is 5.86. The van der Waals surface area contributed by atoms with Crippen molar-refractivity contribution >= 4 is 5.97 Å². The van der Waals surface area contributed by atoms with Crippen LogP contribution >= 0.6 is 0 Å². The number of aromatic nitrogens is 3. The lowest BCUT2D eigenvalue weighted by Crippen LogP contribution is -2.14. The molecule has 0 spiro atoms. The third kappa shape index (κ3) is 2.72. The molecule has 3 aromatic rings. The third-order valence-corrected chi connectivity index (χ3v) is 4.50. The molecule has 7 nitrogen and oxygen atoms in total. The minimum Gasteiger partial charge on any atom is -0.480 e. The summed E-state index contributed by atoms with van der Waals surface area (Å²) in [6, 6.07) is 13.3. The van der Waals surface area contributed by atoms with Crippen LogP contribution in [0.15, 0.2) is 46.9 Å². The van der Waals surface area contributed by atoms with E-state index in [9.17, 15) is 15.0 Å². The molecule has 2 heterocycles. The van der Waals surface area contributed by atoms with Gasteiger partial charge in [-0.25, -0.2) is 9.67 Å². The Balaban J connectivity index is 1.79. The summed E-state index contributed by atoms with van der Waals surface area (Å²) in [7, 11) is 0. The first kappa shape index (κ1) is 15.6. The number of aliphatic hydroxyl groups is 1. The van der Waals surface area contributed by atoms with Crippen molar-refractivity contribution in [3.8, 4) is 11.6 Å². The fraction of sp³-hybridized carbons (Fsp3) is 0.278. The van der Waals surface area contributed by atoms with Crippen molar-refractivity contribution in [1.82, 2.24) is 14.8 Å². The molecule has 1 aromatic carbocycles. The molecular weight excluding hydrogens is 322 g/mol. The summed E-state index contributed by atoms with van der Waals surface area (Å²) in [5.74, 6) is 0.755. The number of aliphatic carboxylic acids is 1. The first-order valence-corrected chi connectivity index (χ1v) is 8.05. The Labute approximate surface area is 143 Å². The van der Waals surface area contributed by atoms with Crippen LogP contribution in [0.2, 0.25) is 0 Å². The van der Waals surface area contributed by atoms with E-state index in [4.69, 9.17) is 4.42 Å². The van der Waals surface area contributed by atoms with Gasteiger partial charge in [-0.2, -0.15) is 5.10 Å². The van der Waals surface area contributed by atoms with E-state index >= 15 is 0 Å². The molecule has 2 N–H and O–H groups in total. The number of benzene rings is 1. The van der Waals surface area contributed by atoms with Crippen LogP contribution in [0, 0.1) is 0 Å². The highest BCUT2D eigenvalue weighted by atomic mass is 16.4. The zero-order valence-electron chi connectivity index (χ0n) is 13.4. The van der Waals surface area contributed by atoms with Crippen LogP contribution in [0.4, 0.5) is 0 Å². The first-order chi connectivity index (χ1) is 12.1. The van der Waals surface area contributed by atoms with Gasteiger partial charge in [0.15, 0.2) is 17.4 Å². The van der Waals surface area contributed by atoms with Crippen molar-refractivity contribution in [2.75, 3.05) is 0 Å². The van der Waals surface area contributed by atoms with Crippen LogP contribution in [0.3, 0.4) is 0 Å². The van der Waals surface area contributed by atoms with Gasteiger partial charge in [0.1, 0.15) is 18.9 Å². The van der Waals surface area contributed by atoms with Gasteiger partial charge in [0.2, 0.25) is 0 Å². The van der Waals surface area contributed by atoms with E-state index in [2.05, 4.69) is 10.1 Å². The van der Waals surface area contributed by atoms with Crippen molar-refractivity contribution in [2.24, 2.45) is 0 Å². The number of hydrogen-bond acceptors (Lipinski definition) is 5. The molecule has 2 aromatic heterocycles. The standard InChI is InChI=1S/C18H17N3O4/c22-11-13-6-7-14(25-13)16-19-17(20-21(16)10-15(23)24)18(8-9-18)12-4-2-1-3-5-12/h1-7,22H,8-11H2,(H,23,24). The summed E-state index contributed by atoms with van der Waals surface area (Å²) < 4.78 is 6.87. The molecule has 25 heavy (non-hydrogen) atoms. The van der Waals surface area contributed by atoms with Gasteiger partial charge in [-0.1, -0.05) is 30.3 Å². The molecular formula is C18H17N3O4. The Kier molecular flexibility index (Phi) is 3.65. The van der Waals surface area contributed by atoms with E-state index in [1.54, 1.807) is 12.1 Å². The van der Waals surface area contributed by atoms with E-state index in [1.165, 1.54) is 4.68 Å². The number of carboxylic acids is 1. The quantitative estimate of drug-likeness (QED) is 0.714. The fourth-order valence-corrected chi connectivity index (χ4v) is 3.07. The molecule has 0 unspecified atom stereocenters. The molecule has 1 fully saturated rings. The third-order valence-electron chi connectivity index (χ3n) is 4.50. The van der Waals surface area contributed by atoms with Crippen LogP contribution in [0.5, 0.6) is 0 Å². The highest BCUT2D eigenvalue weighted by Crippen LogP contribution is 2.52. The maximum atomic E-state index is 11.2. The van der Waals surface area contributed by atoms with Gasteiger partial charge in [-0.3, -0.25) is 4.79 Å². The molecule has 0 atom stereocenters. The van der Waals surface area contributed by atoms with Crippen LogP contribution < -0.4 is 0 Å². The molecule has 128 valence electrons. The van der Waals surface area contributed by atoms with Gasteiger partial charge in [-0.05, 0) is 30.5 Å². The molecule has 0 saturated heterocycles. The summed E-state index contributed by atoms with van der Waals surface area (Å²) in [5, 5.41) is 22.8. The highest BCUT2D eigenvalue weighted by molar-refractivity contribution is 5.67. The summed E-state index contributed by atoms with van der Waals surface area (Å²) in [5.41, 5.74) is 0.871. The Bertz CT molecular complexity index is 910. The largest absolute Gasteiger partial charge is 0.480 e. The maximum Gasteiger partial charge on any atom is 0.325 e. The summed E-state index contributed by atoms with van der Waals surface area (Å²) in [6.45, 7) is -0.532. The number of aliphatic hydroxyl groups excluding tert-OH is 1. The molecule has 7 heteroatoms. The normalized spacial score (nSPS) is 15.2. The number of hydrogen-bond donors (Lipinski definition) is 2. The predicted molar refractivity (Wildman–Crippen MR) is 87.7 cm³/mol. The lowest BCUT2D eigenvalue weighted by atomic mass is 9.95. The molecule has 0 aliphatic heterocycles. The summed E-state index contributed by atoms with van der Waals surface area (Å²) in [4.78, 5) is 15.8. The zero-order valence-corrected chi connectivity index (χ0v) is 13.4. The fourth-order valence-electron chi connectivity index (χ4n) is 3.07. The van der Waals surface area contributed by atoms with Gasteiger partial charge >= 0.3 is 5.97 Å². The van der Waals surface area contributed by atoms with Crippen molar-refractivity contribution in [3.05, 3.63) is 59.6 Å². The number of carbonyl (C=O) groups is 1. The average molecular weight is 339 g/mol. The van der Waals surface area contributed by atoms with Crippen LogP contribution in [-0.2, 0) is 23.4 Å². The minimum absolute atomic E-state index is 0.228. The van der Waals surface area contributed by atoms with E-state index in [0.29, 0.717) is 23.2 Å². The Hall–Kier alpha value is -2.93. The van der Waals surface area contributed by atoms with Crippen molar-refractivity contribution in [1.29, 1.82) is 0 Å². The first-order valence-electron chi connectivity index (χ1n) is 8.05. The predicted octanol–water partition coefficient (Wildman–Crippen LogP) is 2.19. The number of furan rings is 1. The van der Waals surface area contributed by atoms with Crippen LogP contribution in [-0.4, -0.2) is 30.9 Å². The Morgan fingerprint density at radius 2 is 1.96 bits per heavy atom. The second-order valence-electron chi connectivity index (χ2n) is 6.18. The topological polar surface area (TPSA) is 101 Å². The number of nitrogens with zero attached hydrogens (tertiary/aromatic N) is 3. The van der Waals surface area contributed by atoms with Gasteiger partial charge in [0.05, 0.1) is 5.41 Å². The molecule has 0 bridgehead atoms. The van der Waals surface area contributed by atoms with E-state index < -0.39 is 5.97 Å². The SMILES string of the molecule is O=C(O)Cn1nc(C2(c3ccccc3)CC2)nc1-c1ccc(CO)o1. The van der Waals surface area contributed by atoms with Crippen molar-refractivity contribution < 1.29 is 19.4 Å². The molecule has 1 aliphatic carbocycles. The smallest absolute Gasteiger partial charge is 0.325 e. The lowest BCUT2D eigenvalue weighted by molar-refractivity contribution is -0.137. The second-order valence-corrected chi connectivity index (χ2v) is 6.18. The van der Waals surface area contributed by atoms with Crippen molar-refractivity contribution in [3.63, 3.8) is 0 Å². The summed E-state index contributed by atoms with van der Waals surface area (Å²) >= 11 is 0. The van der Waals surface area contributed by atoms with Gasteiger partial charge in [0.25, 0.3) is 0 Å².